The quantitative estimate of drug-likeness (QED) is 0.211. The van der Waals surface area contributed by atoms with Crippen molar-refractivity contribution >= 4 is 16.8 Å². The van der Waals surface area contributed by atoms with E-state index in [1.807, 2.05) is 92.7 Å². The number of alkyl halides is 3. The number of nitrogens with zero attached hydrogens (tertiary/aromatic N) is 2. The molecule has 0 aliphatic carbocycles. The molecular weight excluding hydrogens is 525 g/mol. The molecule has 4 nitrogen and oxygen atoms in total. The van der Waals surface area contributed by atoms with Gasteiger partial charge in [0.1, 0.15) is 18.1 Å². The first-order valence-electron chi connectivity index (χ1n) is 13.3. The lowest BCUT2D eigenvalue weighted by molar-refractivity contribution is -0.136. The van der Waals surface area contributed by atoms with E-state index >= 15 is 0 Å². The predicted octanol–water partition coefficient (Wildman–Crippen LogP) is 8.86. The number of hydrogen-bond acceptors (Lipinski definition) is 4. The third-order valence-corrected chi connectivity index (χ3v) is 6.92. The zero-order valence-electron chi connectivity index (χ0n) is 22.6. The average Bonchev–Trinajstić information content (AvgIpc) is 3.32. The minimum atomic E-state index is -4.52. The topological polar surface area (TPSA) is 43.7 Å². The van der Waals surface area contributed by atoms with Gasteiger partial charge in [0.25, 0.3) is 0 Å². The van der Waals surface area contributed by atoms with Crippen molar-refractivity contribution < 1.29 is 22.6 Å². The Bertz CT molecular complexity index is 1760. The van der Waals surface area contributed by atoms with Crippen LogP contribution in [0.2, 0.25) is 0 Å². The van der Waals surface area contributed by atoms with Gasteiger partial charge in [0.05, 0.1) is 16.6 Å². The van der Waals surface area contributed by atoms with E-state index in [9.17, 15) is 13.2 Å². The highest BCUT2D eigenvalue weighted by Crippen LogP contribution is 2.40. The van der Waals surface area contributed by atoms with Crippen molar-refractivity contribution in [2.24, 2.45) is 4.99 Å². The molecule has 41 heavy (non-hydrogen) atoms. The van der Waals surface area contributed by atoms with Crippen molar-refractivity contribution in [3.63, 3.8) is 0 Å². The van der Waals surface area contributed by atoms with Crippen LogP contribution in [0, 0.1) is 0 Å². The van der Waals surface area contributed by atoms with E-state index in [0.717, 1.165) is 28.3 Å². The van der Waals surface area contributed by atoms with E-state index < -0.39 is 11.7 Å². The van der Waals surface area contributed by atoms with Crippen LogP contribution < -0.4 is 4.74 Å². The largest absolute Gasteiger partial charge is 0.475 e. The van der Waals surface area contributed by atoms with Gasteiger partial charge in [0.2, 0.25) is 5.90 Å². The van der Waals surface area contributed by atoms with Crippen LogP contribution in [0.3, 0.4) is 0 Å². The maximum atomic E-state index is 13.9. The van der Waals surface area contributed by atoms with Gasteiger partial charge in [-0.25, -0.2) is 4.99 Å². The Morgan fingerprint density at radius 2 is 1.51 bits per heavy atom. The van der Waals surface area contributed by atoms with Gasteiger partial charge in [-0.3, -0.25) is 4.98 Å². The van der Waals surface area contributed by atoms with Crippen LogP contribution in [-0.2, 0) is 17.3 Å². The van der Waals surface area contributed by atoms with Gasteiger partial charge >= 0.3 is 6.18 Å². The molecule has 7 heteroatoms. The summed E-state index contributed by atoms with van der Waals surface area (Å²) in [4.78, 5) is 8.95. The highest BCUT2D eigenvalue weighted by molar-refractivity contribution is 5.98. The molecule has 0 N–H and O–H groups in total. The predicted molar refractivity (Wildman–Crippen MR) is 155 cm³/mol. The van der Waals surface area contributed by atoms with E-state index in [4.69, 9.17) is 9.47 Å². The SMILES string of the molecule is CC1(C)COC(c2cccc(Oc3cccc(-c4c(Cc5ccccc5)cnc5c(C(F)(F)F)cccc45)c3)c2)=N1. The number of aliphatic imine (C=N–C) groups is 1. The molecule has 5 aromatic rings. The molecule has 0 bridgehead atoms. The highest BCUT2D eigenvalue weighted by atomic mass is 19.4. The molecule has 4 aromatic carbocycles. The first-order chi connectivity index (χ1) is 19.7. The maximum Gasteiger partial charge on any atom is 0.418 e. The second-order valence-corrected chi connectivity index (χ2v) is 10.7. The van der Waals surface area contributed by atoms with Crippen molar-refractivity contribution in [3.8, 4) is 22.6 Å². The van der Waals surface area contributed by atoms with Crippen LogP contribution in [0.4, 0.5) is 13.2 Å². The van der Waals surface area contributed by atoms with Crippen molar-refractivity contribution in [2.75, 3.05) is 6.61 Å². The molecule has 0 saturated heterocycles. The molecule has 206 valence electrons. The summed E-state index contributed by atoms with van der Waals surface area (Å²) in [6, 6.07) is 28.9. The Balaban J connectivity index is 1.42. The molecule has 0 spiro atoms. The zero-order valence-corrected chi connectivity index (χ0v) is 22.6. The number of rotatable bonds is 6. The third-order valence-electron chi connectivity index (χ3n) is 6.92. The average molecular weight is 553 g/mol. The Kier molecular flexibility index (Phi) is 6.73. The summed E-state index contributed by atoms with van der Waals surface area (Å²) in [6.45, 7) is 4.54. The van der Waals surface area contributed by atoms with Crippen LogP contribution in [0.1, 0.15) is 36.1 Å². The fourth-order valence-corrected chi connectivity index (χ4v) is 5.06. The zero-order chi connectivity index (χ0) is 28.6. The molecule has 0 fully saturated rings. The molecule has 2 heterocycles. The molecule has 1 aliphatic heterocycles. The molecule has 0 amide bonds. The third kappa shape index (κ3) is 5.66. The molecule has 0 atom stereocenters. The lowest BCUT2D eigenvalue weighted by Crippen LogP contribution is -2.17. The Morgan fingerprint density at radius 3 is 2.20 bits per heavy atom. The Labute approximate surface area is 236 Å². The number of ether oxygens (including phenoxy) is 2. The summed E-state index contributed by atoms with van der Waals surface area (Å²) in [5.41, 5.74) is 2.98. The van der Waals surface area contributed by atoms with Crippen molar-refractivity contribution in [1.29, 1.82) is 0 Å². The van der Waals surface area contributed by atoms with Crippen molar-refractivity contribution in [2.45, 2.75) is 32.0 Å². The van der Waals surface area contributed by atoms with Crippen LogP contribution >= 0.6 is 0 Å². The summed E-state index contributed by atoms with van der Waals surface area (Å²) in [7, 11) is 0. The van der Waals surface area contributed by atoms with Gasteiger partial charge in [-0.05, 0) is 78.9 Å². The first-order valence-corrected chi connectivity index (χ1v) is 13.3. The normalized spacial score (nSPS) is 14.5. The summed E-state index contributed by atoms with van der Waals surface area (Å²) in [6.07, 6.45) is -2.45. The number of halogens is 3. The maximum absolute atomic E-state index is 13.9. The monoisotopic (exact) mass is 552 g/mol. The molecule has 0 radical (unpaired) electrons. The lowest BCUT2D eigenvalue weighted by atomic mass is 9.92. The van der Waals surface area contributed by atoms with E-state index in [1.54, 1.807) is 12.3 Å². The van der Waals surface area contributed by atoms with Crippen LogP contribution in [0.15, 0.2) is 108 Å². The van der Waals surface area contributed by atoms with Gasteiger partial charge in [-0.15, -0.1) is 0 Å². The molecule has 0 saturated carbocycles. The molecule has 0 unspecified atom stereocenters. The number of para-hydroxylation sites is 1. The summed E-state index contributed by atoms with van der Waals surface area (Å²) >= 11 is 0. The van der Waals surface area contributed by atoms with Crippen LogP contribution in [-0.4, -0.2) is 23.0 Å². The lowest BCUT2D eigenvalue weighted by Gasteiger charge is -2.17. The smallest absolute Gasteiger partial charge is 0.418 e. The molecular formula is C34H27F3N2O2. The Morgan fingerprint density at radius 1 is 0.829 bits per heavy atom. The van der Waals surface area contributed by atoms with E-state index in [2.05, 4.69) is 9.98 Å². The minimum absolute atomic E-state index is 0.0777. The molecule has 6 rings (SSSR count). The number of aromatic nitrogens is 1. The summed E-state index contributed by atoms with van der Waals surface area (Å²) < 4.78 is 53.8. The van der Waals surface area contributed by atoms with Gasteiger partial charge < -0.3 is 9.47 Å². The highest BCUT2D eigenvalue weighted by Gasteiger charge is 2.34. The van der Waals surface area contributed by atoms with Gasteiger partial charge in [0, 0.05) is 17.1 Å². The molecule has 1 aromatic heterocycles. The van der Waals surface area contributed by atoms with Gasteiger partial charge in [-0.2, -0.15) is 13.2 Å². The second kappa shape index (κ2) is 10.4. The van der Waals surface area contributed by atoms with Crippen molar-refractivity contribution in [1.82, 2.24) is 4.98 Å². The fourth-order valence-electron chi connectivity index (χ4n) is 5.06. The number of hydrogen-bond donors (Lipinski definition) is 0. The Hall–Kier alpha value is -4.65. The number of fused-ring (bicyclic) bond motifs is 1. The standard InChI is InChI=1S/C34H27F3N2O2/c1-33(2)21-40-32(39-33)24-12-7-14-27(19-24)41-26-13-6-11-23(18-26)30-25(17-22-9-4-3-5-10-22)20-38-31-28(30)15-8-16-29(31)34(35,36)37/h3-16,18-20H,17,21H2,1-2H3. The van der Waals surface area contributed by atoms with E-state index in [0.29, 0.717) is 41.4 Å². The van der Waals surface area contributed by atoms with Gasteiger partial charge in [0.15, 0.2) is 0 Å². The first kappa shape index (κ1) is 26.6. The van der Waals surface area contributed by atoms with Crippen LogP contribution in [0.25, 0.3) is 22.0 Å². The molecule has 1 aliphatic rings. The van der Waals surface area contributed by atoms with E-state index in [-0.39, 0.29) is 11.1 Å². The fraction of sp³-hybridized carbons (Fsp3) is 0.176. The van der Waals surface area contributed by atoms with Crippen molar-refractivity contribution in [3.05, 3.63) is 126 Å². The van der Waals surface area contributed by atoms with E-state index in [1.165, 1.54) is 6.07 Å². The van der Waals surface area contributed by atoms with Crippen LogP contribution in [0.5, 0.6) is 11.5 Å². The minimum Gasteiger partial charge on any atom is -0.475 e. The number of benzene rings is 4. The number of pyridine rings is 1. The van der Waals surface area contributed by atoms with Gasteiger partial charge in [-0.1, -0.05) is 60.7 Å². The second-order valence-electron chi connectivity index (χ2n) is 10.7. The summed E-state index contributed by atoms with van der Waals surface area (Å²) in [5, 5.41) is 0.436. The summed E-state index contributed by atoms with van der Waals surface area (Å²) in [5.74, 6) is 1.72.